The van der Waals surface area contributed by atoms with Gasteiger partial charge in [0.1, 0.15) is 5.03 Å². The Labute approximate surface area is 104 Å². The Morgan fingerprint density at radius 1 is 1.41 bits per heavy atom. The predicted molar refractivity (Wildman–Crippen MR) is 69.0 cm³/mol. The van der Waals surface area contributed by atoms with Crippen molar-refractivity contribution in [2.75, 3.05) is 12.3 Å². The van der Waals surface area contributed by atoms with E-state index in [-0.39, 0.29) is 4.92 Å². The summed E-state index contributed by atoms with van der Waals surface area (Å²) in [5.74, 6) is 0.963. The maximum absolute atomic E-state index is 10.6. The van der Waals surface area contributed by atoms with Crippen LogP contribution < -0.4 is 0 Å². The van der Waals surface area contributed by atoms with Crippen LogP contribution in [0.5, 0.6) is 0 Å². The van der Waals surface area contributed by atoms with Crippen LogP contribution in [0.15, 0.2) is 41.6 Å². The summed E-state index contributed by atoms with van der Waals surface area (Å²) in [5, 5.41) is 11.3. The highest BCUT2D eigenvalue weighted by Gasteiger charge is 2.18. The van der Waals surface area contributed by atoms with E-state index in [0.29, 0.717) is 0 Å². The minimum absolute atomic E-state index is 0.369. The fourth-order valence-electron chi connectivity index (χ4n) is 1.80. The van der Waals surface area contributed by atoms with Crippen molar-refractivity contribution in [1.82, 2.24) is 4.90 Å². The molecular formula is C12H14N2O2S. The molecular weight excluding hydrogens is 236 g/mol. The van der Waals surface area contributed by atoms with E-state index < -0.39 is 0 Å². The molecule has 0 aromatic heterocycles. The first-order chi connectivity index (χ1) is 8.25. The van der Waals surface area contributed by atoms with E-state index in [9.17, 15) is 10.1 Å². The van der Waals surface area contributed by atoms with E-state index in [1.807, 2.05) is 30.3 Å². The van der Waals surface area contributed by atoms with E-state index in [4.69, 9.17) is 0 Å². The molecule has 0 bridgehead atoms. The topological polar surface area (TPSA) is 46.4 Å². The number of hydrogen-bond donors (Lipinski definition) is 0. The van der Waals surface area contributed by atoms with Crippen LogP contribution in [-0.4, -0.2) is 22.1 Å². The molecule has 1 aliphatic rings. The number of thioether (sulfide) groups is 1. The number of nitrogens with zero attached hydrogens (tertiary/aromatic N) is 2. The molecule has 2 rings (SSSR count). The highest BCUT2D eigenvalue weighted by Crippen LogP contribution is 2.28. The lowest BCUT2D eigenvalue weighted by atomic mass is 10.2. The highest BCUT2D eigenvalue weighted by atomic mass is 32.2. The first-order valence-corrected chi connectivity index (χ1v) is 6.51. The summed E-state index contributed by atoms with van der Waals surface area (Å²) < 4.78 is 0. The van der Waals surface area contributed by atoms with E-state index >= 15 is 0 Å². The van der Waals surface area contributed by atoms with Gasteiger partial charge in [-0.1, -0.05) is 30.3 Å². The molecule has 4 nitrogen and oxygen atoms in total. The van der Waals surface area contributed by atoms with Gasteiger partial charge >= 0.3 is 0 Å². The summed E-state index contributed by atoms with van der Waals surface area (Å²) in [6.07, 6.45) is 2.19. The summed E-state index contributed by atoms with van der Waals surface area (Å²) in [5.41, 5.74) is 1.18. The van der Waals surface area contributed by atoms with Gasteiger partial charge in [-0.15, -0.1) is 11.8 Å². The summed E-state index contributed by atoms with van der Waals surface area (Å²) >= 11 is 1.56. The van der Waals surface area contributed by atoms with Gasteiger partial charge in [0.2, 0.25) is 0 Å². The fourth-order valence-corrected chi connectivity index (χ4v) is 2.79. The van der Waals surface area contributed by atoms with Crippen LogP contribution >= 0.6 is 11.8 Å². The molecule has 0 spiro atoms. The zero-order chi connectivity index (χ0) is 12.1. The summed E-state index contributed by atoms with van der Waals surface area (Å²) in [6.45, 7) is 1.63. The third-order valence-electron chi connectivity index (χ3n) is 2.57. The van der Waals surface area contributed by atoms with Gasteiger partial charge < -0.3 is 4.90 Å². The molecule has 0 N–H and O–H groups in total. The lowest BCUT2D eigenvalue weighted by Gasteiger charge is -2.29. The van der Waals surface area contributed by atoms with Gasteiger partial charge in [-0.25, -0.2) is 0 Å². The smallest absolute Gasteiger partial charge is 0.264 e. The number of benzene rings is 1. The van der Waals surface area contributed by atoms with Crippen molar-refractivity contribution >= 4 is 11.8 Å². The molecule has 0 unspecified atom stereocenters. The second kappa shape index (κ2) is 5.72. The van der Waals surface area contributed by atoms with Gasteiger partial charge in [0, 0.05) is 18.8 Å². The lowest BCUT2D eigenvalue weighted by molar-refractivity contribution is -0.403. The zero-order valence-electron chi connectivity index (χ0n) is 9.41. The van der Waals surface area contributed by atoms with Gasteiger partial charge in [0.15, 0.2) is 0 Å². The highest BCUT2D eigenvalue weighted by molar-refractivity contribution is 8.03. The molecule has 0 radical (unpaired) electrons. The fraction of sp³-hybridized carbons (Fsp3) is 0.333. The van der Waals surface area contributed by atoms with Gasteiger partial charge in [0.05, 0.1) is 4.92 Å². The van der Waals surface area contributed by atoms with E-state index in [1.165, 1.54) is 5.56 Å². The second-order valence-electron chi connectivity index (χ2n) is 3.86. The predicted octanol–water partition coefficient (Wildman–Crippen LogP) is 2.70. The van der Waals surface area contributed by atoms with Crippen molar-refractivity contribution in [2.45, 2.75) is 13.0 Å². The molecule has 1 fully saturated rings. The summed E-state index contributed by atoms with van der Waals surface area (Å²) in [7, 11) is 0. The maximum Gasteiger partial charge on any atom is 0.264 e. The number of hydrogen-bond acceptors (Lipinski definition) is 4. The average molecular weight is 250 g/mol. The third kappa shape index (κ3) is 3.49. The molecule has 0 amide bonds. The van der Waals surface area contributed by atoms with Crippen LogP contribution in [0.1, 0.15) is 12.0 Å². The zero-order valence-corrected chi connectivity index (χ0v) is 10.2. The maximum atomic E-state index is 10.6. The van der Waals surface area contributed by atoms with Crippen LogP contribution in [0.25, 0.3) is 0 Å². The van der Waals surface area contributed by atoms with Gasteiger partial charge in [-0.05, 0) is 12.0 Å². The van der Waals surface area contributed by atoms with E-state index in [1.54, 1.807) is 11.8 Å². The summed E-state index contributed by atoms with van der Waals surface area (Å²) in [6, 6.07) is 10.0. The molecule has 5 heteroatoms. The Morgan fingerprint density at radius 2 is 2.18 bits per heavy atom. The Hall–Kier alpha value is -1.49. The molecule has 0 atom stereocenters. The van der Waals surface area contributed by atoms with E-state index in [0.717, 1.165) is 36.5 Å². The van der Waals surface area contributed by atoms with Gasteiger partial charge in [0.25, 0.3) is 6.20 Å². The van der Waals surface area contributed by atoms with Crippen LogP contribution in [0, 0.1) is 10.1 Å². The minimum atomic E-state index is -0.369. The Bertz CT molecular complexity index is 420. The second-order valence-corrected chi connectivity index (χ2v) is 4.98. The standard InChI is InChI=1S/C12H14N2O2S/c15-14(16)10-12-13(7-4-8-17-12)9-11-5-2-1-3-6-11/h1-3,5-6,10H,4,7-9H2/b12-10-. The van der Waals surface area contributed by atoms with Gasteiger partial charge in [-0.2, -0.15) is 0 Å². The quantitative estimate of drug-likeness (QED) is 0.611. The van der Waals surface area contributed by atoms with Gasteiger partial charge in [-0.3, -0.25) is 10.1 Å². The van der Waals surface area contributed by atoms with Crippen molar-refractivity contribution in [3.8, 4) is 0 Å². The SMILES string of the molecule is O=[N+]([O-])/C=C1\SCCCN1Cc1ccccc1. The average Bonchev–Trinajstić information content (AvgIpc) is 2.32. The largest absolute Gasteiger partial charge is 0.357 e. The molecule has 1 aliphatic heterocycles. The van der Waals surface area contributed by atoms with Crippen molar-refractivity contribution in [3.05, 3.63) is 57.2 Å². The monoisotopic (exact) mass is 250 g/mol. The third-order valence-corrected chi connectivity index (χ3v) is 3.72. The van der Waals surface area contributed by atoms with Crippen LogP contribution in [0.4, 0.5) is 0 Å². The van der Waals surface area contributed by atoms with Crippen molar-refractivity contribution in [3.63, 3.8) is 0 Å². The molecule has 1 aromatic carbocycles. The molecule has 1 saturated heterocycles. The van der Waals surface area contributed by atoms with Crippen LogP contribution in [0.2, 0.25) is 0 Å². The lowest BCUT2D eigenvalue weighted by Crippen LogP contribution is -2.27. The molecule has 0 aliphatic carbocycles. The summed E-state index contributed by atoms with van der Waals surface area (Å²) in [4.78, 5) is 12.3. The van der Waals surface area contributed by atoms with Crippen LogP contribution in [-0.2, 0) is 6.54 Å². The first-order valence-electron chi connectivity index (χ1n) is 5.53. The minimum Gasteiger partial charge on any atom is -0.357 e. The molecule has 1 heterocycles. The molecule has 0 saturated carbocycles. The first kappa shape index (κ1) is 12.0. The van der Waals surface area contributed by atoms with Crippen molar-refractivity contribution in [1.29, 1.82) is 0 Å². The Kier molecular flexibility index (Phi) is 4.03. The molecule has 17 heavy (non-hydrogen) atoms. The van der Waals surface area contributed by atoms with Crippen molar-refractivity contribution < 1.29 is 4.92 Å². The normalized spacial score (nSPS) is 18.4. The Balaban J connectivity index is 2.09. The number of nitro groups is 1. The molecule has 1 aromatic rings. The molecule has 90 valence electrons. The van der Waals surface area contributed by atoms with E-state index in [2.05, 4.69) is 4.90 Å². The number of rotatable bonds is 3. The Morgan fingerprint density at radius 3 is 2.88 bits per heavy atom. The van der Waals surface area contributed by atoms with Crippen molar-refractivity contribution in [2.24, 2.45) is 0 Å². The van der Waals surface area contributed by atoms with Crippen LogP contribution in [0.3, 0.4) is 0 Å².